The standard InChI is InChI=1S/C25H26FNO4/c1-15(2)25-20(12-11-16(28)13-17(29)14-23(30)31)24(18-7-3-5-9-21(18)26)19-8-4-6-10-22(19)27-25/h3-12,15-17,28-29H,13-14H2,1-2H3,(H,30,31). The first-order chi connectivity index (χ1) is 14.8. The lowest BCUT2D eigenvalue weighted by atomic mass is 9.90. The molecule has 162 valence electrons. The van der Waals surface area contributed by atoms with Crippen molar-refractivity contribution in [3.05, 3.63) is 71.7 Å². The molecule has 1 aromatic heterocycles. The zero-order valence-electron chi connectivity index (χ0n) is 17.5. The number of aliphatic hydroxyl groups is 2. The van der Waals surface area contributed by atoms with Crippen LogP contribution < -0.4 is 0 Å². The molecule has 0 amide bonds. The number of pyridine rings is 1. The number of halogens is 1. The van der Waals surface area contributed by atoms with Crippen molar-refractivity contribution in [2.75, 3.05) is 0 Å². The van der Waals surface area contributed by atoms with Crippen LogP contribution in [0.4, 0.5) is 4.39 Å². The highest BCUT2D eigenvalue weighted by Crippen LogP contribution is 2.37. The molecule has 1 heterocycles. The van der Waals surface area contributed by atoms with Gasteiger partial charge in [-0.15, -0.1) is 0 Å². The average molecular weight is 423 g/mol. The molecule has 0 saturated heterocycles. The van der Waals surface area contributed by atoms with E-state index in [1.54, 1.807) is 24.3 Å². The lowest BCUT2D eigenvalue weighted by Gasteiger charge is -2.18. The van der Waals surface area contributed by atoms with E-state index in [4.69, 9.17) is 10.1 Å². The van der Waals surface area contributed by atoms with Gasteiger partial charge in [-0.05, 0) is 18.1 Å². The van der Waals surface area contributed by atoms with Crippen LogP contribution in [0.25, 0.3) is 28.1 Å². The summed E-state index contributed by atoms with van der Waals surface area (Å²) in [6, 6.07) is 14.0. The molecule has 3 rings (SSSR count). The summed E-state index contributed by atoms with van der Waals surface area (Å²) in [5.41, 5.74) is 3.31. The van der Waals surface area contributed by atoms with Crippen molar-refractivity contribution in [3.8, 4) is 11.1 Å². The molecule has 0 radical (unpaired) electrons. The Morgan fingerprint density at radius 3 is 2.45 bits per heavy atom. The number of para-hydroxylation sites is 1. The highest BCUT2D eigenvalue weighted by atomic mass is 19.1. The molecular formula is C25H26FNO4. The molecular weight excluding hydrogens is 397 g/mol. The van der Waals surface area contributed by atoms with Gasteiger partial charge in [0.05, 0.1) is 29.8 Å². The molecule has 0 bridgehead atoms. The van der Waals surface area contributed by atoms with E-state index in [0.717, 1.165) is 16.6 Å². The van der Waals surface area contributed by atoms with Crippen LogP contribution in [0.5, 0.6) is 0 Å². The maximum atomic E-state index is 14.8. The molecule has 2 atom stereocenters. The predicted octanol–water partition coefficient (Wildman–Crippen LogP) is 4.76. The molecule has 31 heavy (non-hydrogen) atoms. The van der Waals surface area contributed by atoms with Crippen molar-refractivity contribution in [1.82, 2.24) is 4.98 Å². The van der Waals surface area contributed by atoms with E-state index >= 15 is 0 Å². The fraction of sp³-hybridized carbons (Fsp3) is 0.280. The normalized spacial score (nSPS) is 13.7. The predicted molar refractivity (Wildman–Crippen MR) is 119 cm³/mol. The zero-order chi connectivity index (χ0) is 22.5. The summed E-state index contributed by atoms with van der Waals surface area (Å²) in [4.78, 5) is 15.5. The Balaban J connectivity index is 2.15. The van der Waals surface area contributed by atoms with Gasteiger partial charge in [0.2, 0.25) is 0 Å². The summed E-state index contributed by atoms with van der Waals surface area (Å²) < 4.78 is 14.8. The number of aliphatic hydroxyl groups excluding tert-OH is 2. The van der Waals surface area contributed by atoms with Crippen LogP contribution in [0.2, 0.25) is 0 Å². The van der Waals surface area contributed by atoms with Crippen molar-refractivity contribution >= 4 is 22.9 Å². The summed E-state index contributed by atoms with van der Waals surface area (Å²) in [5, 5.41) is 29.7. The minimum Gasteiger partial charge on any atom is -0.481 e. The molecule has 0 fully saturated rings. The minimum atomic E-state index is -1.16. The minimum absolute atomic E-state index is 0.0320. The van der Waals surface area contributed by atoms with E-state index in [-0.39, 0.29) is 18.2 Å². The van der Waals surface area contributed by atoms with Gasteiger partial charge in [0.15, 0.2) is 0 Å². The Bertz CT molecular complexity index is 1110. The first kappa shape index (κ1) is 22.6. The third-order valence-electron chi connectivity index (χ3n) is 5.06. The van der Waals surface area contributed by atoms with Crippen LogP contribution in [0, 0.1) is 5.82 Å². The maximum Gasteiger partial charge on any atom is 0.305 e. The van der Waals surface area contributed by atoms with Gasteiger partial charge in [0.25, 0.3) is 0 Å². The number of carboxylic acid groups (broad SMARTS) is 1. The number of aromatic nitrogens is 1. The number of benzene rings is 2. The first-order valence-electron chi connectivity index (χ1n) is 10.2. The van der Waals surface area contributed by atoms with Gasteiger partial charge in [-0.3, -0.25) is 9.78 Å². The molecule has 0 aliphatic carbocycles. The molecule has 0 spiro atoms. The van der Waals surface area contributed by atoms with Crippen molar-refractivity contribution in [2.24, 2.45) is 0 Å². The molecule has 5 nitrogen and oxygen atoms in total. The van der Waals surface area contributed by atoms with Crippen LogP contribution >= 0.6 is 0 Å². The molecule has 3 N–H and O–H groups in total. The zero-order valence-corrected chi connectivity index (χ0v) is 17.5. The largest absolute Gasteiger partial charge is 0.481 e. The fourth-order valence-electron chi connectivity index (χ4n) is 3.66. The van der Waals surface area contributed by atoms with Crippen molar-refractivity contribution in [2.45, 2.75) is 44.8 Å². The molecule has 6 heteroatoms. The SMILES string of the molecule is CC(C)c1nc2ccccc2c(-c2ccccc2F)c1C=CC(O)CC(O)CC(=O)O. The second-order valence-electron chi connectivity index (χ2n) is 7.85. The van der Waals surface area contributed by atoms with Crippen LogP contribution in [0.15, 0.2) is 54.6 Å². The molecule has 0 aliphatic heterocycles. The highest BCUT2D eigenvalue weighted by Gasteiger charge is 2.20. The number of aliphatic carboxylic acids is 1. The van der Waals surface area contributed by atoms with Crippen molar-refractivity contribution in [1.29, 1.82) is 0 Å². The fourth-order valence-corrected chi connectivity index (χ4v) is 3.66. The summed E-state index contributed by atoms with van der Waals surface area (Å²) >= 11 is 0. The summed E-state index contributed by atoms with van der Waals surface area (Å²) in [5.74, 6) is -1.46. The molecule has 0 aliphatic rings. The van der Waals surface area contributed by atoms with E-state index in [1.807, 2.05) is 38.1 Å². The van der Waals surface area contributed by atoms with Crippen LogP contribution in [0.3, 0.4) is 0 Å². The first-order valence-corrected chi connectivity index (χ1v) is 10.2. The number of carboxylic acids is 1. The smallest absolute Gasteiger partial charge is 0.305 e. The summed E-state index contributed by atoms with van der Waals surface area (Å²) in [6.07, 6.45) is 0.398. The van der Waals surface area contributed by atoms with Crippen LogP contribution in [-0.2, 0) is 4.79 Å². The van der Waals surface area contributed by atoms with Crippen LogP contribution in [-0.4, -0.2) is 38.5 Å². The lowest BCUT2D eigenvalue weighted by Crippen LogP contribution is -2.19. The average Bonchev–Trinajstić information content (AvgIpc) is 2.71. The van der Waals surface area contributed by atoms with E-state index < -0.39 is 24.6 Å². The number of rotatable bonds is 8. The third kappa shape index (κ3) is 5.34. The second kappa shape index (κ2) is 9.81. The quantitative estimate of drug-likeness (QED) is 0.486. The Morgan fingerprint density at radius 2 is 1.77 bits per heavy atom. The van der Waals surface area contributed by atoms with E-state index in [9.17, 15) is 19.4 Å². The van der Waals surface area contributed by atoms with Gasteiger partial charge >= 0.3 is 5.97 Å². The van der Waals surface area contributed by atoms with Crippen molar-refractivity contribution < 1.29 is 24.5 Å². The summed E-state index contributed by atoms with van der Waals surface area (Å²) in [6.45, 7) is 3.99. The molecule has 0 saturated carbocycles. The van der Waals surface area contributed by atoms with Gasteiger partial charge < -0.3 is 15.3 Å². The summed E-state index contributed by atoms with van der Waals surface area (Å²) in [7, 11) is 0. The van der Waals surface area contributed by atoms with Gasteiger partial charge in [0, 0.05) is 28.5 Å². The van der Waals surface area contributed by atoms with E-state index in [0.29, 0.717) is 16.7 Å². The Morgan fingerprint density at radius 1 is 1.10 bits per heavy atom. The Labute approximate surface area is 180 Å². The molecule has 2 aromatic carbocycles. The number of fused-ring (bicyclic) bond motifs is 1. The van der Waals surface area contributed by atoms with Gasteiger partial charge in [0.1, 0.15) is 5.82 Å². The number of nitrogens with zero attached hydrogens (tertiary/aromatic N) is 1. The Kier molecular flexibility index (Phi) is 7.15. The molecule has 3 aromatic rings. The van der Waals surface area contributed by atoms with Crippen LogP contribution in [0.1, 0.15) is 43.9 Å². The third-order valence-corrected chi connectivity index (χ3v) is 5.06. The lowest BCUT2D eigenvalue weighted by molar-refractivity contribution is -0.139. The van der Waals surface area contributed by atoms with Gasteiger partial charge in [-0.25, -0.2) is 4.39 Å². The Hall–Kier alpha value is -3.09. The number of hydrogen-bond acceptors (Lipinski definition) is 4. The molecule has 2 unspecified atom stereocenters. The second-order valence-corrected chi connectivity index (χ2v) is 7.85. The number of carbonyl (C=O) groups is 1. The van der Waals surface area contributed by atoms with Gasteiger partial charge in [-0.1, -0.05) is 62.4 Å². The number of hydrogen-bond donors (Lipinski definition) is 3. The monoisotopic (exact) mass is 423 g/mol. The maximum absolute atomic E-state index is 14.8. The topological polar surface area (TPSA) is 90.7 Å². The van der Waals surface area contributed by atoms with E-state index in [2.05, 4.69) is 0 Å². The van der Waals surface area contributed by atoms with Gasteiger partial charge in [-0.2, -0.15) is 0 Å². The van der Waals surface area contributed by atoms with E-state index in [1.165, 1.54) is 12.1 Å². The highest BCUT2D eigenvalue weighted by molar-refractivity contribution is 5.99. The van der Waals surface area contributed by atoms with Crippen molar-refractivity contribution in [3.63, 3.8) is 0 Å².